The SMILES string of the molecule is C=C(CC(=O)OCC(=O)CCOCC)C(=O)OCC(=O)CCOCC. The Kier molecular flexibility index (Phi) is 13.1. The minimum absolute atomic E-state index is 0.138. The largest absolute Gasteiger partial charge is 0.457 e. The van der Waals surface area contributed by atoms with Gasteiger partial charge in [-0.2, -0.15) is 0 Å². The fourth-order valence-corrected chi connectivity index (χ4v) is 1.51. The zero-order chi connectivity index (χ0) is 19.1. The molecule has 25 heavy (non-hydrogen) atoms. The molecule has 0 aromatic heterocycles. The summed E-state index contributed by atoms with van der Waals surface area (Å²) in [6.07, 6.45) is -0.127. The molecular weight excluding hydrogens is 332 g/mol. The number of Topliss-reactive ketones (excluding diaryl/α,β-unsaturated/α-hetero) is 2. The van der Waals surface area contributed by atoms with E-state index < -0.39 is 25.0 Å². The molecule has 0 rings (SSSR count). The van der Waals surface area contributed by atoms with Crippen molar-refractivity contribution in [3.05, 3.63) is 12.2 Å². The van der Waals surface area contributed by atoms with Crippen molar-refractivity contribution >= 4 is 23.5 Å². The summed E-state index contributed by atoms with van der Waals surface area (Å²) < 4.78 is 19.5. The second-order valence-corrected chi connectivity index (χ2v) is 4.99. The highest BCUT2D eigenvalue weighted by Crippen LogP contribution is 2.04. The Morgan fingerprint density at radius 2 is 1.28 bits per heavy atom. The summed E-state index contributed by atoms with van der Waals surface area (Å²) in [7, 11) is 0. The number of rotatable bonds is 15. The average Bonchev–Trinajstić information content (AvgIpc) is 2.58. The molecule has 0 aliphatic heterocycles. The number of ether oxygens (including phenoxy) is 4. The van der Waals surface area contributed by atoms with Gasteiger partial charge in [0, 0.05) is 31.6 Å². The maximum Gasteiger partial charge on any atom is 0.334 e. The van der Waals surface area contributed by atoms with E-state index in [1.54, 1.807) is 6.92 Å². The van der Waals surface area contributed by atoms with Gasteiger partial charge in [-0.25, -0.2) is 4.79 Å². The smallest absolute Gasteiger partial charge is 0.334 e. The number of esters is 2. The molecule has 8 nitrogen and oxygen atoms in total. The molecule has 0 saturated heterocycles. The van der Waals surface area contributed by atoms with Crippen molar-refractivity contribution < 1.29 is 38.1 Å². The highest BCUT2D eigenvalue weighted by atomic mass is 16.5. The molecule has 0 spiro atoms. The van der Waals surface area contributed by atoms with Crippen LogP contribution < -0.4 is 0 Å². The van der Waals surface area contributed by atoms with Gasteiger partial charge in [0.2, 0.25) is 0 Å². The normalized spacial score (nSPS) is 10.2. The minimum Gasteiger partial charge on any atom is -0.457 e. The van der Waals surface area contributed by atoms with Crippen molar-refractivity contribution in [2.45, 2.75) is 33.1 Å². The third-order valence-electron chi connectivity index (χ3n) is 2.86. The fourth-order valence-electron chi connectivity index (χ4n) is 1.51. The van der Waals surface area contributed by atoms with E-state index in [9.17, 15) is 19.2 Å². The van der Waals surface area contributed by atoms with Crippen LogP contribution in [0.4, 0.5) is 0 Å². The number of carbonyl (C=O) groups excluding carboxylic acids is 4. The van der Waals surface area contributed by atoms with Gasteiger partial charge in [0.1, 0.15) is 13.2 Å². The second kappa shape index (κ2) is 14.3. The highest BCUT2D eigenvalue weighted by Gasteiger charge is 2.16. The van der Waals surface area contributed by atoms with Crippen molar-refractivity contribution in [3.8, 4) is 0 Å². The predicted molar refractivity (Wildman–Crippen MR) is 87.9 cm³/mol. The quantitative estimate of drug-likeness (QED) is 0.243. The van der Waals surface area contributed by atoms with Gasteiger partial charge >= 0.3 is 11.9 Å². The summed E-state index contributed by atoms with van der Waals surface area (Å²) in [5.41, 5.74) is -0.149. The topological polar surface area (TPSA) is 105 Å². The van der Waals surface area contributed by atoms with E-state index in [2.05, 4.69) is 6.58 Å². The Hall–Kier alpha value is -2.06. The number of carbonyl (C=O) groups is 4. The van der Waals surface area contributed by atoms with Crippen molar-refractivity contribution in [3.63, 3.8) is 0 Å². The molecule has 8 heteroatoms. The first-order chi connectivity index (χ1) is 11.9. The number of hydrogen-bond acceptors (Lipinski definition) is 8. The lowest BCUT2D eigenvalue weighted by Crippen LogP contribution is -2.19. The molecule has 0 heterocycles. The molecule has 142 valence electrons. The van der Waals surface area contributed by atoms with Crippen LogP contribution in [0, 0.1) is 0 Å². The summed E-state index contributed by atoms with van der Waals surface area (Å²) in [6, 6.07) is 0. The van der Waals surface area contributed by atoms with Crippen molar-refractivity contribution in [1.82, 2.24) is 0 Å². The van der Waals surface area contributed by atoms with Gasteiger partial charge in [-0.3, -0.25) is 14.4 Å². The zero-order valence-electron chi connectivity index (χ0n) is 14.8. The first-order valence-corrected chi connectivity index (χ1v) is 8.10. The third-order valence-corrected chi connectivity index (χ3v) is 2.86. The van der Waals surface area contributed by atoms with Gasteiger partial charge in [0.25, 0.3) is 0 Å². The standard InChI is InChI=1S/C17H26O8/c1-4-22-8-6-14(18)11-24-16(20)10-13(3)17(21)25-12-15(19)7-9-23-5-2/h3-12H2,1-2H3. The van der Waals surface area contributed by atoms with Crippen molar-refractivity contribution in [2.75, 3.05) is 39.6 Å². The summed E-state index contributed by atoms with van der Waals surface area (Å²) in [4.78, 5) is 46.0. The molecule has 0 aromatic rings. The van der Waals surface area contributed by atoms with Crippen LogP contribution in [0.3, 0.4) is 0 Å². The molecule has 0 aliphatic rings. The van der Waals surface area contributed by atoms with Crippen LogP contribution in [-0.2, 0) is 38.1 Å². The Morgan fingerprint density at radius 1 is 0.800 bits per heavy atom. The van der Waals surface area contributed by atoms with Crippen molar-refractivity contribution in [1.29, 1.82) is 0 Å². The molecule has 0 atom stereocenters. The molecule has 0 saturated carbocycles. The number of hydrogen-bond donors (Lipinski definition) is 0. The molecule has 0 unspecified atom stereocenters. The maximum absolute atomic E-state index is 11.6. The maximum atomic E-state index is 11.6. The molecule has 0 radical (unpaired) electrons. The Morgan fingerprint density at radius 3 is 1.76 bits per heavy atom. The molecule has 0 fully saturated rings. The molecule has 0 aliphatic carbocycles. The zero-order valence-corrected chi connectivity index (χ0v) is 14.8. The van der Waals surface area contributed by atoms with Gasteiger partial charge in [0.15, 0.2) is 11.6 Å². The van der Waals surface area contributed by atoms with Crippen LogP contribution in [-0.4, -0.2) is 63.1 Å². The lowest BCUT2D eigenvalue weighted by molar-refractivity contribution is -0.150. The predicted octanol–water partition coefficient (Wildman–Crippen LogP) is 1.01. The first kappa shape index (κ1) is 22.9. The highest BCUT2D eigenvalue weighted by molar-refractivity contribution is 5.95. The summed E-state index contributed by atoms with van der Waals surface area (Å²) >= 11 is 0. The summed E-state index contributed by atoms with van der Waals surface area (Å²) in [6.45, 7) is 7.77. The van der Waals surface area contributed by atoms with E-state index in [0.29, 0.717) is 13.2 Å². The molecule has 0 N–H and O–H groups in total. The molecule has 0 bridgehead atoms. The lowest BCUT2D eigenvalue weighted by atomic mass is 10.2. The fraction of sp³-hybridized carbons (Fsp3) is 0.647. The van der Waals surface area contributed by atoms with E-state index in [1.165, 1.54) is 0 Å². The monoisotopic (exact) mass is 358 g/mol. The Balaban J connectivity index is 3.94. The van der Waals surface area contributed by atoms with Gasteiger partial charge in [-0.15, -0.1) is 0 Å². The summed E-state index contributed by atoms with van der Waals surface area (Å²) in [5.74, 6) is -2.20. The van der Waals surface area contributed by atoms with Gasteiger partial charge in [0.05, 0.1) is 19.6 Å². The lowest BCUT2D eigenvalue weighted by Gasteiger charge is -2.07. The van der Waals surface area contributed by atoms with Gasteiger partial charge in [-0.1, -0.05) is 6.58 Å². The van der Waals surface area contributed by atoms with Gasteiger partial charge < -0.3 is 18.9 Å². The van der Waals surface area contributed by atoms with Crippen LogP contribution in [0.15, 0.2) is 12.2 Å². The van der Waals surface area contributed by atoms with E-state index in [1.807, 2.05) is 6.92 Å². The molecule has 0 amide bonds. The molecule has 0 aromatic carbocycles. The first-order valence-electron chi connectivity index (χ1n) is 8.10. The van der Waals surface area contributed by atoms with E-state index >= 15 is 0 Å². The van der Waals surface area contributed by atoms with Crippen molar-refractivity contribution in [2.24, 2.45) is 0 Å². The second-order valence-electron chi connectivity index (χ2n) is 4.99. The third kappa shape index (κ3) is 13.0. The van der Waals surface area contributed by atoms with E-state index in [4.69, 9.17) is 18.9 Å². The molecular formula is C17H26O8. The van der Waals surface area contributed by atoms with E-state index in [-0.39, 0.29) is 49.8 Å². The van der Waals surface area contributed by atoms with Crippen LogP contribution in [0.5, 0.6) is 0 Å². The van der Waals surface area contributed by atoms with Crippen LogP contribution in [0.2, 0.25) is 0 Å². The Labute approximate surface area is 147 Å². The number of ketones is 2. The van der Waals surface area contributed by atoms with E-state index in [0.717, 1.165) is 0 Å². The Bertz CT molecular complexity index is 469. The van der Waals surface area contributed by atoms with Crippen LogP contribution >= 0.6 is 0 Å². The van der Waals surface area contributed by atoms with Gasteiger partial charge in [-0.05, 0) is 13.8 Å². The minimum atomic E-state index is -0.857. The van der Waals surface area contributed by atoms with Crippen LogP contribution in [0.25, 0.3) is 0 Å². The van der Waals surface area contributed by atoms with Crippen LogP contribution in [0.1, 0.15) is 33.1 Å². The average molecular weight is 358 g/mol. The summed E-state index contributed by atoms with van der Waals surface area (Å²) in [5, 5.41) is 0.